The van der Waals surface area contributed by atoms with E-state index in [4.69, 9.17) is 0 Å². The van der Waals surface area contributed by atoms with Gasteiger partial charge in [-0.15, -0.1) is 11.3 Å². The number of carbonyl (C=O) groups excluding carboxylic acids is 1. The maximum absolute atomic E-state index is 12.7. The molecule has 1 heterocycles. The molecule has 1 atom stereocenters. The monoisotopic (exact) mass is 428 g/mol. The Balaban J connectivity index is 1.71. The maximum atomic E-state index is 12.7. The summed E-state index contributed by atoms with van der Waals surface area (Å²) in [5, 5.41) is 4.81. The second-order valence-corrected chi connectivity index (χ2v) is 10.0. The summed E-state index contributed by atoms with van der Waals surface area (Å²) in [5.74, 6) is 0.238. The molecule has 0 aliphatic carbocycles. The van der Waals surface area contributed by atoms with Crippen LogP contribution in [0, 0.1) is 5.92 Å². The zero-order chi connectivity index (χ0) is 20.9. The van der Waals surface area contributed by atoms with Crippen molar-refractivity contribution >= 4 is 33.0 Å². The molecule has 0 radical (unpaired) electrons. The minimum Gasteiger partial charge on any atom is -0.345 e. The highest BCUT2D eigenvalue weighted by molar-refractivity contribution is 7.94. The van der Waals surface area contributed by atoms with E-state index in [2.05, 4.69) is 23.9 Å². The third-order valence-corrected chi connectivity index (χ3v) is 7.15. The van der Waals surface area contributed by atoms with Crippen LogP contribution in [0.5, 0.6) is 0 Å². The number of anilines is 1. The van der Waals surface area contributed by atoms with E-state index in [0.717, 1.165) is 23.3 Å². The average Bonchev–Trinajstić information content (AvgIpc) is 3.24. The van der Waals surface area contributed by atoms with Crippen molar-refractivity contribution in [3.8, 4) is 0 Å². The van der Waals surface area contributed by atoms with Gasteiger partial charge in [-0.25, -0.2) is 8.42 Å². The molecule has 0 unspecified atom stereocenters. The normalized spacial score (nSPS) is 12.5. The van der Waals surface area contributed by atoms with Crippen molar-refractivity contribution in [2.45, 2.75) is 30.5 Å². The van der Waals surface area contributed by atoms with Gasteiger partial charge in [0.25, 0.3) is 15.9 Å². The number of sulfonamides is 1. The maximum Gasteiger partial charge on any atom is 0.271 e. The van der Waals surface area contributed by atoms with Gasteiger partial charge in [0.2, 0.25) is 0 Å². The van der Waals surface area contributed by atoms with Crippen molar-refractivity contribution in [1.29, 1.82) is 0 Å². The van der Waals surface area contributed by atoms with Crippen LogP contribution >= 0.6 is 11.3 Å². The fourth-order valence-electron chi connectivity index (χ4n) is 2.99. The minimum absolute atomic E-state index is 0.0827. The van der Waals surface area contributed by atoms with Crippen molar-refractivity contribution in [2.24, 2.45) is 5.92 Å². The molecule has 7 heteroatoms. The molecule has 5 nitrogen and oxygen atoms in total. The minimum atomic E-state index is -3.60. The lowest BCUT2D eigenvalue weighted by molar-refractivity contribution is 0.0932. The number of hydrogen-bond acceptors (Lipinski definition) is 4. The number of amides is 1. The molecule has 0 aliphatic rings. The molecule has 3 rings (SSSR count). The van der Waals surface area contributed by atoms with E-state index in [0.29, 0.717) is 17.2 Å². The summed E-state index contributed by atoms with van der Waals surface area (Å²) >= 11 is 1.15. The summed E-state index contributed by atoms with van der Waals surface area (Å²) in [6.45, 7) is 4.24. The molecule has 0 saturated heterocycles. The van der Waals surface area contributed by atoms with Crippen LogP contribution < -0.4 is 10.0 Å². The van der Waals surface area contributed by atoms with Gasteiger partial charge in [0.15, 0.2) is 0 Å². The number of nitrogens with one attached hydrogen (secondary N) is 2. The Kier molecular flexibility index (Phi) is 6.71. The van der Waals surface area contributed by atoms with E-state index in [-0.39, 0.29) is 16.2 Å². The van der Waals surface area contributed by atoms with E-state index in [1.54, 1.807) is 41.8 Å². The second-order valence-electron chi connectivity index (χ2n) is 7.18. The Morgan fingerprint density at radius 1 is 0.966 bits per heavy atom. The molecule has 0 aliphatic heterocycles. The first-order valence-electron chi connectivity index (χ1n) is 9.37. The number of rotatable bonds is 8. The van der Waals surface area contributed by atoms with E-state index in [1.807, 2.05) is 30.3 Å². The molecule has 2 aromatic carbocycles. The number of benzene rings is 2. The Morgan fingerprint density at radius 2 is 1.66 bits per heavy atom. The Morgan fingerprint density at radius 3 is 2.24 bits per heavy atom. The van der Waals surface area contributed by atoms with Crippen LogP contribution in [0.1, 0.15) is 42.2 Å². The molecule has 0 bridgehead atoms. The third kappa shape index (κ3) is 5.68. The zero-order valence-electron chi connectivity index (χ0n) is 16.3. The third-order valence-electron chi connectivity index (χ3n) is 4.37. The van der Waals surface area contributed by atoms with Crippen molar-refractivity contribution < 1.29 is 13.2 Å². The number of carbonyl (C=O) groups is 1. The molecular weight excluding hydrogens is 404 g/mol. The van der Waals surface area contributed by atoms with Gasteiger partial charge >= 0.3 is 0 Å². The van der Waals surface area contributed by atoms with Gasteiger partial charge in [0.05, 0.1) is 6.04 Å². The summed E-state index contributed by atoms with van der Waals surface area (Å²) in [7, 11) is -3.60. The Hall–Kier alpha value is -2.64. The van der Waals surface area contributed by atoms with E-state index in [9.17, 15) is 13.2 Å². The number of thiophene rings is 1. The SMILES string of the molecule is CC(C)C[C@@H](NC(=O)c1ccc(NS(=O)(=O)c2cccs2)cc1)c1ccccc1. The standard InChI is InChI=1S/C22H24N2O3S2/c1-16(2)15-20(17-7-4-3-5-8-17)23-22(25)18-10-12-19(13-11-18)24-29(26,27)21-9-6-14-28-21/h3-14,16,20,24H,15H2,1-2H3,(H,23,25)/t20-/m1/s1. The lowest BCUT2D eigenvalue weighted by atomic mass is 9.96. The molecular formula is C22H24N2O3S2. The molecule has 3 aromatic rings. The first-order chi connectivity index (χ1) is 13.8. The lowest BCUT2D eigenvalue weighted by Crippen LogP contribution is -2.29. The predicted octanol–water partition coefficient (Wildman–Crippen LogP) is 5.07. The first-order valence-corrected chi connectivity index (χ1v) is 11.7. The van der Waals surface area contributed by atoms with Crippen LogP contribution in [0.3, 0.4) is 0 Å². The number of hydrogen-bond donors (Lipinski definition) is 2. The van der Waals surface area contributed by atoms with Crippen molar-refractivity contribution in [3.05, 3.63) is 83.2 Å². The molecule has 152 valence electrons. The summed E-state index contributed by atoms with van der Waals surface area (Å²) in [6.07, 6.45) is 0.828. The van der Waals surface area contributed by atoms with Gasteiger partial charge in [-0.3, -0.25) is 9.52 Å². The summed E-state index contributed by atoms with van der Waals surface area (Å²) in [5.41, 5.74) is 1.96. The Labute approximate surface area is 175 Å². The topological polar surface area (TPSA) is 75.3 Å². The smallest absolute Gasteiger partial charge is 0.271 e. The van der Waals surface area contributed by atoms with Crippen molar-refractivity contribution in [2.75, 3.05) is 4.72 Å². The largest absolute Gasteiger partial charge is 0.345 e. The van der Waals surface area contributed by atoms with Crippen LogP contribution in [0.15, 0.2) is 76.3 Å². The van der Waals surface area contributed by atoms with Gasteiger partial charge in [-0.2, -0.15) is 0 Å². The zero-order valence-corrected chi connectivity index (χ0v) is 18.0. The molecule has 0 saturated carbocycles. The van der Waals surface area contributed by atoms with Crippen molar-refractivity contribution in [1.82, 2.24) is 5.32 Å². The summed E-state index contributed by atoms with van der Waals surface area (Å²) < 4.78 is 27.4. The summed E-state index contributed by atoms with van der Waals surface area (Å²) in [6, 6.07) is 19.5. The molecule has 0 spiro atoms. The van der Waals surface area contributed by atoms with Gasteiger partial charge in [0.1, 0.15) is 4.21 Å². The average molecular weight is 429 g/mol. The lowest BCUT2D eigenvalue weighted by Gasteiger charge is -2.21. The molecule has 1 amide bonds. The molecule has 29 heavy (non-hydrogen) atoms. The van der Waals surface area contributed by atoms with Crippen LogP contribution in [-0.2, 0) is 10.0 Å². The van der Waals surface area contributed by atoms with Crippen LogP contribution in [0.25, 0.3) is 0 Å². The van der Waals surface area contributed by atoms with Gasteiger partial charge in [0, 0.05) is 11.3 Å². The highest BCUT2D eigenvalue weighted by Gasteiger charge is 2.18. The van der Waals surface area contributed by atoms with Crippen molar-refractivity contribution in [3.63, 3.8) is 0 Å². The Bertz CT molecular complexity index is 1030. The highest BCUT2D eigenvalue weighted by atomic mass is 32.2. The van der Waals surface area contributed by atoms with Crippen LogP contribution in [0.2, 0.25) is 0 Å². The molecule has 0 fully saturated rings. The second kappa shape index (κ2) is 9.24. The van der Waals surface area contributed by atoms with Gasteiger partial charge in [-0.05, 0) is 53.6 Å². The quantitative estimate of drug-likeness (QED) is 0.526. The highest BCUT2D eigenvalue weighted by Crippen LogP contribution is 2.23. The van der Waals surface area contributed by atoms with Crippen LogP contribution in [0.4, 0.5) is 5.69 Å². The predicted molar refractivity (Wildman–Crippen MR) is 118 cm³/mol. The van der Waals surface area contributed by atoms with E-state index in [1.165, 1.54) is 0 Å². The fourth-order valence-corrected chi connectivity index (χ4v) is 5.04. The molecule has 2 N–H and O–H groups in total. The van der Waals surface area contributed by atoms with E-state index >= 15 is 0 Å². The fraction of sp³-hybridized carbons (Fsp3) is 0.227. The van der Waals surface area contributed by atoms with E-state index < -0.39 is 10.0 Å². The molecule has 1 aromatic heterocycles. The van der Waals surface area contributed by atoms with Gasteiger partial charge in [-0.1, -0.05) is 50.2 Å². The summed E-state index contributed by atoms with van der Waals surface area (Å²) in [4.78, 5) is 12.7. The first kappa shape index (κ1) is 21.1. The van der Waals surface area contributed by atoms with Gasteiger partial charge < -0.3 is 5.32 Å². The van der Waals surface area contributed by atoms with Crippen LogP contribution in [-0.4, -0.2) is 14.3 Å².